The van der Waals surface area contributed by atoms with Crippen molar-refractivity contribution >= 4 is 22.6 Å². The summed E-state index contributed by atoms with van der Waals surface area (Å²) in [5, 5.41) is 14.6. The molecule has 130 valence electrons. The highest BCUT2D eigenvalue weighted by Gasteiger charge is 2.13. The van der Waals surface area contributed by atoms with Crippen LogP contribution in [0.2, 0.25) is 0 Å². The summed E-state index contributed by atoms with van der Waals surface area (Å²) in [6.07, 6.45) is 1.40. The van der Waals surface area contributed by atoms with Crippen molar-refractivity contribution in [1.29, 1.82) is 0 Å². The summed E-state index contributed by atoms with van der Waals surface area (Å²) < 4.78 is 12.7. The lowest BCUT2D eigenvalue weighted by molar-refractivity contribution is -0.117. The molecular weight excluding hydrogens is 328 g/mol. The number of aromatic nitrogens is 5. The van der Waals surface area contributed by atoms with Crippen LogP contribution in [0.15, 0.2) is 29.2 Å². The van der Waals surface area contributed by atoms with Gasteiger partial charge in [0, 0.05) is 30.9 Å². The molecule has 0 aliphatic carbocycles. The number of nitrogens with one attached hydrogen (secondary N) is 1. The van der Waals surface area contributed by atoms with Crippen LogP contribution in [0.3, 0.4) is 0 Å². The van der Waals surface area contributed by atoms with Crippen LogP contribution in [0, 0.1) is 0 Å². The molecule has 3 aromatic rings. The number of carbonyl (C=O) groups excluding carboxylic acids is 1. The first-order chi connectivity index (χ1) is 12.0. The number of rotatable bonds is 5. The van der Waals surface area contributed by atoms with Crippen LogP contribution in [0.5, 0.6) is 11.5 Å². The lowest BCUT2D eigenvalue weighted by Gasteiger charge is -2.10. The molecule has 1 aromatic carbocycles. The molecule has 3 rings (SSSR count). The maximum atomic E-state index is 12.3. The molecule has 0 saturated heterocycles. The highest BCUT2D eigenvalue weighted by molar-refractivity contribution is 5.91. The molecule has 10 nitrogen and oxygen atoms in total. The summed E-state index contributed by atoms with van der Waals surface area (Å²) in [4.78, 5) is 24.6. The minimum Gasteiger partial charge on any atom is -0.497 e. The Balaban J connectivity index is 1.81. The van der Waals surface area contributed by atoms with Crippen molar-refractivity contribution in [3.05, 3.63) is 34.7 Å². The normalized spacial score (nSPS) is 10.7. The smallest absolute Gasteiger partial charge is 0.281 e. The number of hydrogen-bond acceptors (Lipinski definition) is 7. The van der Waals surface area contributed by atoms with Gasteiger partial charge in [-0.1, -0.05) is 5.21 Å². The van der Waals surface area contributed by atoms with Crippen molar-refractivity contribution < 1.29 is 14.3 Å². The third kappa shape index (κ3) is 3.27. The molecule has 0 saturated carbocycles. The van der Waals surface area contributed by atoms with Crippen LogP contribution in [0.4, 0.5) is 5.69 Å². The Hall–Kier alpha value is -3.43. The molecule has 10 heteroatoms. The zero-order chi connectivity index (χ0) is 18.0. The van der Waals surface area contributed by atoms with Crippen LogP contribution in [-0.4, -0.2) is 44.9 Å². The van der Waals surface area contributed by atoms with Crippen LogP contribution in [0.1, 0.15) is 0 Å². The second-order valence-corrected chi connectivity index (χ2v) is 5.21. The third-order valence-electron chi connectivity index (χ3n) is 3.55. The molecule has 2 aromatic heterocycles. The Bertz CT molecular complexity index is 971. The van der Waals surface area contributed by atoms with Crippen molar-refractivity contribution in [3.63, 3.8) is 0 Å². The number of carbonyl (C=O) groups is 1. The summed E-state index contributed by atoms with van der Waals surface area (Å²) in [5.74, 6) is 0.627. The molecule has 1 N–H and O–H groups in total. The number of aryl methyl sites for hydroxylation is 1. The minimum absolute atomic E-state index is 0.282. The standard InChI is InChI=1S/C15H16N6O4/c1-20-14-12(7-16-20)15(23)21(19-18-14)8-13(22)17-9-4-10(24-2)6-11(5-9)25-3/h4-7H,8H2,1-3H3,(H,17,22). The Kier molecular flexibility index (Phi) is 4.33. The highest BCUT2D eigenvalue weighted by atomic mass is 16.5. The molecule has 0 fully saturated rings. The number of nitrogens with zero attached hydrogens (tertiary/aromatic N) is 5. The van der Waals surface area contributed by atoms with E-state index in [0.717, 1.165) is 4.68 Å². The minimum atomic E-state index is -0.435. The average Bonchev–Trinajstić information content (AvgIpc) is 2.98. The van der Waals surface area contributed by atoms with Gasteiger partial charge in [-0.05, 0) is 0 Å². The molecular formula is C15H16N6O4. The molecule has 0 spiro atoms. The Labute approximate surface area is 142 Å². The second kappa shape index (κ2) is 6.59. The van der Waals surface area contributed by atoms with Gasteiger partial charge >= 0.3 is 0 Å². The summed E-state index contributed by atoms with van der Waals surface area (Å²) in [5.41, 5.74) is 0.403. The number of ether oxygens (including phenoxy) is 2. The highest BCUT2D eigenvalue weighted by Crippen LogP contribution is 2.25. The van der Waals surface area contributed by atoms with Gasteiger partial charge in [0.15, 0.2) is 5.65 Å². The first kappa shape index (κ1) is 16.4. The van der Waals surface area contributed by atoms with Crippen LogP contribution in [-0.2, 0) is 18.4 Å². The molecule has 1 amide bonds. The predicted octanol–water partition coefficient (Wildman–Crippen LogP) is 0.181. The van der Waals surface area contributed by atoms with E-state index in [-0.39, 0.29) is 6.54 Å². The summed E-state index contributed by atoms with van der Waals surface area (Å²) in [6.45, 7) is -0.282. The van der Waals surface area contributed by atoms with Crippen molar-refractivity contribution in [1.82, 2.24) is 24.8 Å². The Morgan fingerprint density at radius 1 is 1.20 bits per heavy atom. The van der Waals surface area contributed by atoms with E-state index in [1.54, 1.807) is 25.2 Å². The molecule has 0 atom stereocenters. The lowest BCUT2D eigenvalue weighted by atomic mass is 10.2. The van der Waals surface area contributed by atoms with Gasteiger partial charge < -0.3 is 14.8 Å². The molecule has 2 heterocycles. The van der Waals surface area contributed by atoms with E-state index in [4.69, 9.17) is 9.47 Å². The van der Waals surface area contributed by atoms with Gasteiger partial charge in [-0.15, -0.1) is 5.10 Å². The molecule has 0 unspecified atom stereocenters. The van der Waals surface area contributed by atoms with E-state index in [9.17, 15) is 9.59 Å². The predicted molar refractivity (Wildman–Crippen MR) is 88.7 cm³/mol. The first-order valence-corrected chi connectivity index (χ1v) is 7.30. The van der Waals surface area contributed by atoms with Gasteiger partial charge in [-0.3, -0.25) is 9.59 Å². The van der Waals surface area contributed by atoms with Crippen molar-refractivity contribution in [3.8, 4) is 11.5 Å². The van der Waals surface area contributed by atoms with Crippen LogP contribution < -0.4 is 20.3 Å². The van der Waals surface area contributed by atoms with Gasteiger partial charge in [-0.2, -0.15) is 5.10 Å². The average molecular weight is 344 g/mol. The molecule has 0 radical (unpaired) electrons. The number of hydrogen-bond donors (Lipinski definition) is 1. The first-order valence-electron chi connectivity index (χ1n) is 7.30. The van der Waals surface area contributed by atoms with E-state index >= 15 is 0 Å². The van der Waals surface area contributed by atoms with E-state index < -0.39 is 11.5 Å². The van der Waals surface area contributed by atoms with E-state index in [1.165, 1.54) is 25.1 Å². The fraction of sp³-hybridized carbons (Fsp3) is 0.267. The second-order valence-electron chi connectivity index (χ2n) is 5.21. The number of benzene rings is 1. The van der Waals surface area contributed by atoms with Crippen molar-refractivity contribution in [2.45, 2.75) is 6.54 Å². The number of amides is 1. The fourth-order valence-corrected chi connectivity index (χ4v) is 2.30. The van der Waals surface area contributed by atoms with Gasteiger partial charge in [0.1, 0.15) is 23.4 Å². The van der Waals surface area contributed by atoms with Crippen LogP contribution >= 0.6 is 0 Å². The van der Waals surface area contributed by atoms with E-state index in [1.807, 2.05) is 0 Å². The number of methoxy groups -OCH3 is 2. The maximum Gasteiger partial charge on any atom is 0.281 e. The molecule has 0 aliphatic heterocycles. The van der Waals surface area contributed by atoms with Crippen LogP contribution in [0.25, 0.3) is 11.0 Å². The summed E-state index contributed by atoms with van der Waals surface area (Å²) >= 11 is 0. The number of fused-ring (bicyclic) bond motifs is 1. The van der Waals surface area contributed by atoms with Gasteiger partial charge in [0.05, 0.1) is 20.4 Å². The Morgan fingerprint density at radius 2 is 1.88 bits per heavy atom. The molecule has 25 heavy (non-hydrogen) atoms. The largest absolute Gasteiger partial charge is 0.497 e. The topological polar surface area (TPSA) is 113 Å². The SMILES string of the molecule is COc1cc(NC(=O)Cn2nnc3c(cnn3C)c2=O)cc(OC)c1. The zero-order valence-electron chi connectivity index (χ0n) is 13.9. The fourth-order valence-electron chi connectivity index (χ4n) is 2.30. The quantitative estimate of drug-likeness (QED) is 0.702. The Morgan fingerprint density at radius 3 is 2.52 bits per heavy atom. The number of anilines is 1. The van der Waals surface area contributed by atoms with Crippen molar-refractivity contribution in [2.24, 2.45) is 7.05 Å². The third-order valence-corrected chi connectivity index (χ3v) is 3.55. The zero-order valence-corrected chi connectivity index (χ0v) is 13.9. The van der Waals surface area contributed by atoms with Gasteiger partial charge in [0.2, 0.25) is 5.91 Å². The molecule has 0 aliphatic rings. The lowest BCUT2D eigenvalue weighted by Crippen LogP contribution is -2.30. The summed E-state index contributed by atoms with van der Waals surface area (Å²) in [6, 6.07) is 4.96. The van der Waals surface area contributed by atoms with Gasteiger partial charge in [0.25, 0.3) is 5.56 Å². The van der Waals surface area contributed by atoms with Gasteiger partial charge in [-0.25, -0.2) is 9.36 Å². The van der Waals surface area contributed by atoms with E-state index in [2.05, 4.69) is 20.7 Å². The van der Waals surface area contributed by atoms with Crippen molar-refractivity contribution in [2.75, 3.05) is 19.5 Å². The summed E-state index contributed by atoms with van der Waals surface area (Å²) in [7, 11) is 4.68. The maximum absolute atomic E-state index is 12.3. The molecule has 0 bridgehead atoms. The van der Waals surface area contributed by atoms with E-state index in [0.29, 0.717) is 28.2 Å². The monoisotopic (exact) mass is 344 g/mol.